The minimum absolute atomic E-state index is 0.0134. The SMILES string of the molecule is Fc1c(F)c(F)c(-c2c3nc(c(-c4c(F)c(F)c(F)c(F)c4F)c4[nH]c(c5c4C4c6cc7ccccc7cc6C5c5cc6ccccc6cc54)c4ccc([nH]4)c(-c4c(F)c(F)c(F)c(F)c4F)c4ccc2[nH]4)C=C3)c(F)c1F. The lowest BCUT2D eigenvalue weighted by atomic mass is 9.60. The maximum absolute atomic E-state index is 16.9. The first kappa shape index (κ1) is 47.2. The summed E-state index contributed by atoms with van der Waals surface area (Å²) in [7, 11) is 0. The summed E-state index contributed by atoms with van der Waals surface area (Å²) in [6.45, 7) is 0. The van der Waals surface area contributed by atoms with Gasteiger partial charge in [-0.2, -0.15) is 0 Å². The minimum Gasteiger partial charge on any atom is -0.354 e. The van der Waals surface area contributed by atoms with Gasteiger partial charge in [-0.05, 0) is 116 Å². The lowest BCUT2D eigenvalue weighted by Crippen LogP contribution is -2.27. The molecule has 0 saturated heterocycles. The molecule has 4 nitrogen and oxygen atoms in total. The van der Waals surface area contributed by atoms with Gasteiger partial charge in [-0.1, -0.05) is 48.5 Å². The third-order valence-corrected chi connectivity index (χ3v) is 15.0. The van der Waals surface area contributed by atoms with Crippen molar-refractivity contribution in [1.82, 2.24) is 19.9 Å². The van der Waals surface area contributed by atoms with Crippen molar-refractivity contribution in [2.24, 2.45) is 0 Å². The van der Waals surface area contributed by atoms with E-state index in [0.29, 0.717) is 27.8 Å². The monoisotopic (exact) mass is 1070 g/mol. The smallest absolute Gasteiger partial charge is 0.200 e. The summed E-state index contributed by atoms with van der Waals surface area (Å²) in [6, 6.07) is 26.5. The van der Waals surface area contributed by atoms with Gasteiger partial charge in [-0.3, -0.25) is 0 Å². The Labute approximate surface area is 425 Å². The molecule has 4 aliphatic rings. The van der Waals surface area contributed by atoms with Gasteiger partial charge >= 0.3 is 0 Å². The van der Waals surface area contributed by atoms with E-state index in [1.807, 2.05) is 60.7 Å². The first-order valence-corrected chi connectivity index (χ1v) is 23.5. The zero-order chi connectivity index (χ0) is 54.2. The van der Waals surface area contributed by atoms with Gasteiger partial charge in [-0.25, -0.2) is 70.8 Å². The van der Waals surface area contributed by atoms with Crippen molar-refractivity contribution < 1.29 is 65.9 Å². The molecule has 5 heterocycles. The molecular weight excluding hydrogens is 1050 g/mol. The number of benzene rings is 7. The molecule has 4 aromatic heterocycles. The second-order valence-corrected chi connectivity index (χ2v) is 19.0. The topological polar surface area (TPSA) is 60.3 Å². The first-order chi connectivity index (χ1) is 37.4. The molecule has 3 N–H and O–H groups in total. The largest absolute Gasteiger partial charge is 0.354 e. The Kier molecular flexibility index (Phi) is 9.91. The van der Waals surface area contributed by atoms with Crippen LogP contribution in [0.4, 0.5) is 65.9 Å². The fourth-order valence-electron chi connectivity index (χ4n) is 11.7. The standard InChI is InChI=1S/C59H23F15N4/c60-43-40(44(61)50(67)55(72)49(43)66)35-27-9-10-28(75-27)36(41-45(62)51(68)56(73)52(69)46(41)63)30-13-14-32(77-30)58-38-33-23-15-19-5-1-3-7-21(19)17-25(23)34(26-18-22-8-4-2-6-20(22)16-24(26)33)39(38)59(78-58)37(31-12-11-29(35)76-31)42-47(64)53(70)57(74)54(71)48(42)65/h1-18,33-34,75,77-78H. The highest BCUT2D eigenvalue weighted by Gasteiger charge is 2.46. The second kappa shape index (κ2) is 16.4. The van der Waals surface area contributed by atoms with Gasteiger partial charge in [0.05, 0.1) is 44.6 Å². The van der Waals surface area contributed by atoms with Crippen molar-refractivity contribution in [3.63, 3.8) is 0 Å². The van der Waals surface area contributed by atoms with Crippen molar-refractivity contribution in [2.45, 2.75) is 11.8 Å². The molecule has 0 fully saturated rings. The molecule has 3 aliphatic carbocycles. The van der Waals surface area contributed by atoms with Crippen LogP contribution in [0.2, 0.25) is 0 Å². The maximum Gasteiger partial charge on any atom is 0.200 e. The van der Waals surface area contributed by atoms with Gasteiger partial charge in [0.1, 0.15) is 0 Å². The highest BCUT2D eigenvalue weighted by Crippen LogP contribution is 2.61. The van der Waals surface area contributed by atoms with E-state index in [1.165, 1.54) is 6.07 Å². The average molecular weight is 1070 g/mol. The number of nitrogens with zero attached hydrogens (tertiary/aromatic N) is 1. The van der Waals surface area contributed by atoms with Crippen LogP contribution < -0.4 is 0 Å². The number of nitrogens with one attached hydrogen (secondary N) is 3. The van der Waals surface area contributed by atoms with Crippen LogP contribution in [-0.2, 0) is 0 Å². The summed E-state index contributed by atoms with van der Waals surface area (Å²) >= 11 is 0. The van der Waals surface area contributed by atoms with Gasteiger partial charge in [0.2, 0.25) is 17.5 Å². The summed E-state index contributed by atoms with van der Waals surface area (Å²) < 4.78 is 236. The number of rotatable bonds is 3. The number of fused-ring (bicyclic) bond motifs is 11. The molecule has 0 unspecified atom stereocenters. The number of aromatic amines is 3. The van der Waals surface area contributed by atoms with Gasteiger partial charge in [0.25, 0.3) is 0 Å². The Balaban J connectivity index is 1.26. The van der Waals surface area contributed by atoms with E-state index in [9.17, 15) is 8.78 Å². The number of hydrogen-bond acceptors (Lipinski definition) is 1. The van der Waals surface area contributed by atoms with Crippen molar-refractivity contribution in [3.05, 3.63) is 229 Å². The molecular formula is C59H23F15N4. The third kappa shape index (κ3) is 6.20. The van der Waals surface area contributed by atoms with Gasteiger partial charge < -0.3 is 15.0 Å². The van der Waals surface area contributed by atoms with Crippen LogP contribution in [0.3, 0.4) is 0 Å². The van der Waals surface area contributed by atoms with E-state index >= 15 is 57.1 Å². The third-order valence-electron chi connectivity index (χ3n) is 15.0. The zero-order valence-electron chi connectivity index (χ0n) is 38.7. The molecule has 78 heavy (non-hydrogen) atoms. The molecule has 15 rings (SSSR count). The van der Waals surface area contributed by atoms with E-state index < -0.39 is 160 Å². The van der Waals surface area contributed by atoms with Crippen LogP contribution in [0.5, 0.6) is 0 Å². The van der Waals surface area contributed by atoms with Crippen molar-refractivity contribution in [3.8, 4) is 33.4 Å². The van der Waals surface area contributed by atoms with Crippen molar-refractivity contribution >= 4 is 66.8 Å². The predicted octanol–water partition coefficient (Wildman–Crippen LogP) is 17.1. The van der Waals surface area contributed by atoms with E-state index in [-0.39, 0.29) is 22.1 Å². The molecule has 10 bridgehead atoms. The van der Waals surface area contributed by atoms with Crippen LogP contribution in [-0.4, -0.2) is 19.9 Å². The summed E-state index contributed by atoms with van der Waals surface area (Å²) in [6.07, 6.45) is 1.80. The molecule has 384 valence electrons. The molecule has 0 radical (unpaired) electrons. The predicted molar refractivity (Wildman–Crippen MR) is 261 cm³/mol. The average Bonchev–Trinajstić information content (AvgIpc) is 3.70. The highest BCUT2D eigenvalue weighted by atomic mass is 19.2. The molecule has 0 amide bonds. The Bertz CT molecular complexity index is 4610. The quantitative estimate of drug-likeness (QED) is 0.0922. The normalized spacial score (nSPS) is 14.8. The summed E-state index contributed by atoms with van der Waals surface area (Å²) in [5.74, 6) is -38.5. The van der Waals surface area contributed by atoms with E-state index in [2.05, 4.69) is 19.9 Å². The van der Waals surface area contributed by atoms with E-state index in [1.54, 1.807) is 12.1 Å². The summed E-state index contributed by atoms with van der Waals surface area (Å²) in [5, 5.41) is 3.02. The number of halogens is 15. The molecule has 7 aromatic carbocycles. The summed E-state index contributed by atoms with van der Waals surface area (Å²) in [4.78, 5) is 13.1. The van der Waals surface area contributed by atoms with Crippen molar-refractivity contribution in [2.75, 3.05) is 0 Å². The Morgan fingerprint density at radius 2 is 0.577 bits per heavy atom. The van der Waals surface area contributed by atoms with Gasteiger partial charge in [-0.15, -0.1) is 0 Å². The lowest BCUT2D eigenvalue weighted by Gasteiger charge is -2.41. The number of H-pyrrole nitrogens is 3. The molecule has 19 heteroatoms. The summed E-state index contributed by atoms with van der Waals surface area (Å²) in [5.41, 5.74) is -8.09. The van der Waals surface area contributed by atoms with Crippen LogP contribution in [0.15, 0.2) is 97.1 Å². The fraction of sp³-hybridized carbons (Fsp3) is 0.0339. The van der Waals surface area contributed by atoms with Crippen LogP contribution in [0.1, 0.15) is 56.6 Å². The van der Waals surface area contributed by atoms with E-state index in [0.717, 1.165) is 51.9 Å². The Hall–Kier alpha value is -9.26. The second-order valence-electron chi connectivity index (χ2n) is 19.0. The molecule has 0 atom stereocenters. The lowest BCUT2D eigenvalue weighted by molar-refractivity contribution is 0.381. The first-order valence-electron chi connectivity index (χ1n) is 23.5. The van der Waals surface area contributed by atoms with Crippen LogP contribution in [0, 0.1) is 87.3 Å². The zero-order valence-corrected chi connectivity index (χ0v) is 38.7. The number of hydrogen-bond donors (Lipinski definition) is 3. The van der Waals surface area contributed by atoms with Gasteiger partial charge in [0.15, 0.2) is 69.8 Å². The van der Waals surface area contributed by atoms with Gasteiger partial charge in [0, 0.05) is 45.1 Å². The number of aromatic nitrogens is 4. The fourth-order valence-corrected chi connectivity index (χ4v) is 11.7. The molecule has 11 aromatic rings. The maximum atomic E-state index is 16.9. The molecule has 1 aliphatic heterocycles. The molecule has 0 saturated carbocycles. The Morgan fingerprint density at radius 3 is 0.974 bits per heavy atom. The Morgan fingerprint density at radius 1 is 0.282 bits per heavy atom. The van der Waals surface area contributed by atoms with Crippen LogP contribution >= 0.6 is 0 Å². The van der Waals surface area contributed by atoms with Crippen molar-refractivity contribution in [1.29, 1.82) is 0 Å². The minimum atomic E-state index is -2.60. The van der Waals surface area contributed by atoms with E-state index in [4.69, 9.17) is 0 Å². The van der Waals surface area contributed by atoms with Crippen LogP contribution in [0.25, 0.3) is 100 Å². The highest BCUT2D eigenvalue weighted by molar-refractivity contribution is 6.04. The molecule has 0 spiro atoms.